The number of urea groups is 1. The molecule has 5 rings (SSSR count). The van der Waals surface area contributed by atoms with Crippen molar-refractivity contribution in [1.82, 2.24) is 30.3 Å². The average Bonchev–Trinajstić information content (AvgIpc) is 3.60. The second-order valence-corrected chi connectivity index (χ2v) is 20.5. The molecule has 1 aliphatic rings. The summed E-state index contributed by atoms with van der Waals surface area (Å²) in [7, 11) is -2.95. The molecule has 0 spiro atoms. The van der Waals surface area contributed by atoms with E-state index in [4.69, 9.17) is 13.8 Å². The first-order valence-corrected chi connectivity index (χ1v) is 24.1. The van der Waals surface area contributed by atoms with Crippen molar-refractivity contribution in [3.63, 3.8) is 0 Å². The number of aromatic nitrogens is 1. The molecule has 362 valence electrons. The van der Waals surface area contributed by atoms with Crippen LogP contribution in [0.3, 0.4) is 0 Å². The number of carbonyl (C=O) groups is 4. The normalized spacial score (nSPS) is 15.6. The summed E-state index contributed by atoms with van der Waals surface area (Å²) in [4.78, 5) is 85.8. The highest BCUT2D eigenvalue weighted by molar-refractivity contribution is 7.54. The van der Waals surface area contributed by atoms with Gasteiger partial charge in [-0.3, -0.25) is 19.5 Å². The molecule has 0 unspecified atom stereocenters. The van der Waals surface area contributed by atoms with E-state index in [9.17, 15) is 29.3 Å². The molecule has 0 radical (unpaired) electrons. The summed E-state index contributed by atoms with van der Waals surface area (Å²) in [6.45, 7) is 13.1. The standard InChI is InChI=1S/C50H67N6O10P/c1-9-65-67(62,63)66-34-64-42(32-39(52-45(57)43(49(2,3)4)54(8)48(60)61)30-36-23-25-38(26-24-36)40-22-16-17-27-51-40)41(31-35-18-12-10-13-19-35)53-46(58)44(50(5,6)7)56-29-28-55(47(56)59)33-37-20-14-11-15-21-37/h10-27,39,41-44,62-63H,9,28-34H2,1-8H3,(H2-,52,53,57,58,60,61)/p+1/t39-,41-,42-,43+,44+/m0/s1. The van der Waals surface area contributed by atoms with Gasteiger partial charge < -0.3 is 30.3 Å². The van der Waals surface area contributed by atoms with Gasteiger partial charge in [0.2, 0.25) is 11.8 Å². The van der Waals surface area contributed by atoms with Crippen molar-refractivity contribution in [3.8, 4) is 11.3 Å². The lowest BCUT2D eigenvalue weighted by Gasteiger charge is -2.39. The molecule has 17 heteroatoms. The van der Waals surface area contributed by atoms with E-state index >= 15 is 4.79 Å². The van der Waals surface area contributed by atoms with E-state index in [1.165, 1.54) is 7.05 Å². The molecule has 16 nitrogen and oxygen atoms in total. The number of amides is 5. The number of hydrogen-bond acceptors (Lipinski definition) is 10. The largest absolute Gasteiger partial charge is 0.572 e. The Kier molecular flexibility index (Phi) is 18.4. The predicted octanol–water partition coefficient (Wildman–Crippen LogP) is 7.33. The fourth-order valence-electron chi connectivity index (χ4n) is 8.58. The van der Waals surface area contributed by atoms with Gasteiger partial charge in [-0.25, -0.2) is 9.59 Å². The number of carbonyl (C=O) groups excluding carboxylic acids is 3. The Labute approximate surface area is 395 Å². The minimum Gasteiger partial charge on any atom is -0.465 e. The van der Waals surface area contributed by atoms with Gasteiger partial charge in [0.1, 0.15) is 12.1 Å². The van der Waals surface area contributed by atoms with Gasteiger partial charge >= 0.3 is 20.3 Å². The lowest BCUT2D eigenvalue weighted by atomic mass is 9.84. The molecule has 0 bridgehead atoms. The molecule has 0 aliphatic carbocycles. The van der Waals surface area contributed by atoms with Crippen molar-refractivity contribution >= 4 is 32.1 Å². The number of hydrogen-bond donors (Lipinski definition) is 5. The Bertz CT molecular complexity index is 2210. The second kappa shape index (κ2) is 23.5. The van der Waals surface area contributed by atoms with Crippen LogP contribution in [0.25, 0.3) is 11.3 Å². The summed E-state index contributed by atoms with van der Waals surface area (Å²) < 4.78 is 16.9. The summed E-state index contributed by atoms with van der Waals surface area (Å²) >= 11 is 0. The predicted molar refractivity (Wildman–Crippen MR) is 257 cm³/mol. The monoisotopic (exact) mass is 943 g/mol. The Morgan fingerprint density at radius 3 is 1.96 bits per heavy atom. The third-order valence-electron chi connectivity index (χ3n) is 11.6. The summed E-state index contributed by atoms with van der Waals surface area (Å²) in [5.41, 5.74) is 2.74. The number of ether oxygens (including phenoxy) is 1. The molecule has 5 N–H and O–H groups in total. The van der Waals surface area contributed by atoms with E-state index < -0.39 is 74.0 Å². The average molecular weight is 944 g/mol. The topological polar surface area (TPSA) is 203 Å². The summed E-state index contributed by atoms with van der Waals surface area (Å²) in [6, 6.07) is 28.6. The maximum atomic E-state index is 15.0. The molecule has 1 aromatic heterocycles. The first kappa shape index (κ1) is 52.5. The van der Waals surface area contributed by atoms with Crippen LogP contribution in [-0.2, 0) is 42.8 Å². The molecule has 2 heterocycles. The highest BCUT2D eigenvalue weighted by Gasteiger charge is 2.46. The smallest absolute Gasteiger partial charge is 0.465 e. The zero-order chi connectivity index (χ0) is 48.9. The van der Waals surface area contributed by atoms with Crippen molar-refractivity contribution < 1.29 is 47.9 Å². The third kappa shape index (κ3) is 15.3. The summed E-state index contributed by atoms with van der Waals surface area (Å²) in [5, 5.41) is 16.5. The Morgan fingerprint density at radius 1 is 0.776 bits per heavy atom. The quantitative estimate of drug-likeness (QED) is 0.0390. The van der Waals surface area contributed by atoms with E-state index in [-0.39, 0.29) is 31.9 Å². The van der Waals surface area contributed by atoms with E-state index in [1.807, 2.05) is 124 Å². The minimum absolute atomic E-state index is 0.0210. The third-order valence-corrected chi connectivity index (χ3v) is 12.7. The van der Waals surface area contributed by atoms with E-state index in [1.54, 1.807) is 43.7 Å². The van der Waals surface area contributed by atoms with Crippen molar-refractivity contribution in [2.75, 3.05) is 33.5 Å². The number of pyridine rings is 1. The Hall–Kier alpha value is -5.48. The van der Waals surface area contributed by atoms with Crippen LogP contribution in [0.2, 0.25) is 0 Å². The van der Waals surface area contributed by atoms with Crippen LogP contribution in [0.1, 0.15) is 71.6 Å². The number of benzene rings is 3. The lowest BCUT2D eigenvalue weighted by Crippen LogP contribution is -2.59. The van der Waals surface area contributed by atoms with Gasteiger partial charge in [0.25, 0.3) is 0 Å². The zero-order valence-electron chi connectivity index (χ0n) is 39.9. The van der Waals surface area contributed by atoms with Crippen LogP contribution in [0.4, 0.5) is 9.59 Å². The maximum Gasteiger partial charge on any atom is 0.572 e. The molecule has 5 atom stereocenters. The fourth-order valence-corrected chi connectivity index (χ4v) is 9.19. The number of nitrogens with zero attached hydrogens (tertiary/aromatic N) is 4. The zero-order valence-corrected chi connectivity index (χ0v) is 40.8. The van der Waals surface area contributed by atoms with E-state index in [2.05, 4.69) is 15.6 Å². The molecular formula is C50H68N6O10P+. The molecule has 1 aliphatic heterocycles. The molecule has 1 fully saturated rings. The van der Waals surface area contributed by atoms with Crippen LogP contribution >= 0.6 is 8.17 Å². The van der Waals surface area contributed by atoms with Gasteiger partial charge in [0.15, 0.2) is 6.79 Å². The van der Waals surface area contributed by atoms with Crippen molar-refractivity contribution in [2.45, 2.75) is 105 Å². The van der Waals surface area contributed by atoms with Gasteiger partial charge in [-0.2, -0.15) is 14.3 Å². The maximum absolute atomic E-state index is 15.0. The molecule has 1 saturated heterocycles. The molecule has 67 heavy (non-hydrogen) atoms. The van der Waals surface area contributed by atoms with Crippen LogP contribution in [0.5, 0.6) is 0 Å². The Balaban J connectivity index is 1.55. The van der Waals surface area contributed by atoms with E-state index in [0.717, 1.165) is 32.8 Å². The van der Waals surface area contributed by atoms with Crippen LogP contribution < -0.4 is 10.6 Å². The van der Waals surface area contributed by atoms with Gasteiger partial charge in [0.05, 0.1) is 24.4 Å². The van der Waals surface area contributed by atoms with Crippen molar-refractivity contribution in [3.05, 3.63) is 126 Å². The van der Waals surface area contributed by atoms with Gasteiger partial charge in [-0.05, 0) is 65.8 Å². The molecule has 0 saturated carbocycles. The first-order valence-electron chi connectivity index (χ1n) is 22.6. The molecule has 5 amide bonds. The summed E-state index contributed by atoms with van der Waals surface area (Å²) in [5.74, 6) is -0.974. The number of likely N-dealkylation sites (N-methyl/N-ethyl adjacent to an activating group) is 1. The van der Waals surface area contributed by atoms with Crippen molar-refractivity contribution in [1.29, 1.82) is 0 Å². The van der Waals surface area contributed by atoms with Crippen molar-refractivity contribution in [2.24, 2.45) is 10.8 Å². The van der Waals surface area contributed by atoms with Crippen LogP contribution in [0, 0.1) is 10.8 Å². The minimum atomic E-state index is -4.30. The van der Waals surface area contributed by atoms with Crippen LogP contribution in [0.15, 0.2) is 109 Å². The molecule has 3 aromatic carbocycles. The molecule has 4 aromatic rings. The number of rotatable bonds is 22. The van der Waals surface area contributed by atoms with E-state index in [0.29, 0.717) is 19.6 Å². The Morgan fingerprint density at radius 2 is 1.39 bits per heavy atom. The second-order valence-electron chi connectivity index (χ2n) is 19.0. The van der Waals surface area contributed by atoms with Crippen LogP contribution in [-0.4, -0.2) is 122 Å². The number of carboxylic acid groups (broad SMARTS) is 1. The summed E-state index contributed by atoms with van der Waals surface area (Å²) in [6.07, 6.45) is -0.0777. The first-order chi connectivity index (χ1) is 31.7. The molecular weight excluding hydrogens is 876 g/mol. The SMILES string of the molecule is CCO[P+](O)(O)OCO[C@@H](C[C@H](Cc1ccc(-c2ccccn2)cc1)NC(=O)[C@@H](N(C)C(=O)O)C(C)(C)C)[C@H](Cc1ccccc1)NC(=O)[C@@H](N1CCN(Cc2ccccc2)C1=O)C(C)(C)C. The number of nitrogens with one attached hydrogen (secondary N) is 2. The van der Waals surface area contributed by atoms with Gasteiger partial charge in [0, 0.05) is 44.5 Å². The fraction of sp³-hybridized carbons (Fsp3) is 0.460. The van der Waals surface area contributed by atoms with Gasteiger partial charge in [-0.1, -0.05) is 133 Å². The highest BCUT2D eigenvalue weighted by atomic mass is 31.2. The highest BCUT2D eigenvalue weighted by Crippen LogP contribution is 2.52. The lowest BCUT2D eigenvalue weighted by molar-refractivity contribution is -0.133. The van der Waals surface area contributed by atoms with Gasteiger partial charge in [-0.15, -0.1) is 4.52 Å².